The molecule has 1 saturated heterocycles. The van der Waals surface area contributed by atoms with Gasteiger partial charge in [-0.25, -0.2) is 9.97 Å². The van der Waals surface area contributed by atoms with Gasteiger partial charge in [-0.15, -0.1) is 24.0 Å². The molecule has 0 aromatic carbocycles. The smallest absolute Gasteiger partial charge is 0.193 e. The van der Waals surface area contributed by atoms with Gasteiger partial charge in [-0.1, -0.05) is 6.07 Å². The predicted molar refractivity (Wildman–Crippen MR) is 115 cm³/mol. The first-order chi connectivity index (χ1) is 12.4. The number of hydrogen-bond acceptors (Lipinski definition) is 6. The minimum Gasteiger partial charge on any atom is -0.367 e. The van der Waals surface area contributed by atoms with E-state index in [1.807, 2.05) is 25.4 Å². The fourth-order valence-electron chi connectivity index (χ4n) is 2.78. The van der Waals surface area contributed by atoms with E-state index in [0.717, 1.165) is 56.9 Å². The maximum absolute atomic E-state index is 4.42. The lowest BCUT2D eigenvalue weighted by atomic mass is 10.3. The van der Waals surface area contributed by atoms with Crippen LogP contribution in [0.15, 0.2) is 48.0 Å². The number of nitrogens with zero attached hydrogens (tertiary/aromatic N) is 6. The Hall–Kier alpha value is -2.17. The molecule has 0 unspecified atom stereocenters. The van der Waals surface area contributed by atoms with Crippen LogP contribution in [0.2, 0.25) is 0 Å². The zero-order valence-electron chi connectivity index (χ0n) is 14.9. The molecule has 1 fully saturated rings. The van der Waals surface area contributed by atoms with Crippen molar-refractivity contribution in [3.8, 4) is 0 Å². The third-order valence-electron chi connectivity index (χ3n) is 4.04. The quantitative estimate of drug-likeness (QED) is 0.296. The van der Waals surface area contributed by atoms with E-state index in [2.05, 4.69) is 46.4 Å². The summed E-state index contributed by atoms with van der Waals surface area (Å²) in [5.74, 6) is 2.75. The Balaban J connectivity index is 0.00000243. The number of pyridine rings is 1. The Morgan fingerprint density at radius 3 is 2.58 bits per heavy atom. The number of anilines is 2. The number of piperazine rings is 1. The van der Waals surface area contributed by atoms with Crippen LogP contribution in [0.4, 0.5) is 11.6 Å². The van der Waals surface area contributed by atoms with Gasteiger partial charge in [-0.05, 0) is 12.1 Å². The summed E-state index contributed by atoms with van der Waals surface area (Å²) in [6.07, 6.45) is 6.89. The average molecular weight is 468 g/mol. The first-order valence-electron chi connectivity index (χ1n) is 8.48. The number of guanidine groups is 1. The first kappa shape index (κ1) is 20.1. The summed E-state index contributed by atoms with van der Waals surface area (Å²) < 4.78 is 0. The fourth-order valence-corrected chi connectivity index (χ4v) is 2.78. The molecule has 2 aromatic heterocycles. The molecule has 0 radical (unpaired) electrons. The second-order valence-corrected chi connectivity index (χ2v) is 5.65. The third-order valence-corrected chi connectivity index (χ3v) is 4.04. The van der Waals surface area contributed by atoms with Crippen LogP contribution in [-0.2, 0) is 0 Å². The van der Waals surface area contributed by atoms with Crippen LogP contribution in [-0.4, -0.2) is 72.1 Å². The summed E-state index contributed by atoms with van der Waals surface area (Å²) in [6, 6.07) is 6.03. The normalized spacial score (nSPS) is 14.6. The summed E-state index contributed by atoms with van der Waals surface area (Å²) >= 11 is 0. The summed E-state index contributed by atoms with van der Waals surface area (Å²) in [4.78, 5) is 21.6. The SMILES string of the molecule is CN=C(NCCNc1cnccn1)N1CCN(c2ccccn2)CC1.I. The number of nitrogens with one attached hydrogen (secondary N) is 2. The standard InChI is InChI=1S/C17H24N8.HI/c1-18-17(23-9-8-21-15-14-19-6-7-20-15)25-12-10-24(11-13-25)16-4-2-3-5-22-16;/h2-7,14H,8-13H2,1H3,(H,18,23)(H,20,21);1H. The van der Waals surface area contributed by atoms with Gasteiger partial charge in [-0.2, -0.15) is 0 Å². The van der Waals surface area contributed by atoms with E-state index in [9.17, 15) is 0 Å². The molecule has 2 N–H and O–H groups in total. The van der Waals surface area contributed by atoms with Crippen molar-refractivity contribution >= 4 is 41.6 Å². The Morgan fingerprint density at radius 1 is 1.08 bits per heavy atom. The number of rotatable bonds is 5. The molecule has 0 atom stereocenters. The van der Waals surface area contributed by atoms with E-state index in [4.69, 9.17) is 0 Å². The van der Waals surface area contributed by atoms with Crippen molar-refractivity contribution in [1.82, 2.24) is 25.2 Å². The molecule has 0 saturated carbocycles. The maximum atomic E-state index is 4.42. The highest BCUT2D eigenvalue weighted by molar-refractivity contribution is 14.0. The van der Waals surface area contributed by atoms with Gasteiger partial charge in [0.1, 0.15) is 11.6 Å². The predicted octanol–water partition coefficient (Wildman–Crippen LogP) is 1.30. The lowest BCUT2D eigenvalue weighted by Crippen LogP contribution is -2.53. The molecule has 8 nitrogen and oxygen atoms in total. The molecule has 9 heteroatoms. The van der Waals surface area contributed by atoms with Crippen LogP contribution >= 0.6 is 24.0 Å². The second kappa shape index (κ2) is 10.7. The van der Waals surface area contributed by atoms with Crippen LogP contribution in [0.5, 0.6) is 0 Å². The Kier molecular flexibility index (Phi) is 8.32. The van der Waals surface area contributed by atoms with Crippen LogP contribution in [0.1, 0.15) is 0 Å². The van der Waals surface area contributed by atoms with E-state index in [1.54, 1.807) is 18.6 Å². The molecule has 1 aliphatic rings. The van der Waals surface area contributed by atoms with Crippen molar-refractivity contribution in [1.29, 1.82) is 0 Å². The van der Waals surface area contributed by atoms with Crippen molar-refractivity contribution in [3.05, 3.63) is 43.0 Å². The second-order valence-electron chi connectivity index (χ2n) is 5.65. The zero-order chi connectivity index (χ0) is 17.3. The number of aromatic nitrogens is 3. The lowest BCUT2D eigenvalue weighted by molar-refractivity contribution is 0.372. The Morgan fingerprint density at radius 2 is 1.92 bits per heavy atom. The first-order valence-corrected chi connectivity index (χ1v) is 8.48. The van der Waals surface area contributed by atoms with E-state index in [0.29, 0.717) is 0 Å². The van der Waals surface area contributed by atoms with Crippen molar-refractivity contribution in [3.63, 3.8) is 0 Å². The fraction of sp³-hybridized carbons (Fsp3) is 0.412. The topological polar surface area (TPSA) is 81.6 Å². The Labute approximate surface area is 171 Å². The van der Waals surface area contributed by atoms with E-state index >= 15 is 0 Å². The van der Waals surface area contributed by atoms with Gasteiger partial charge in [0.25, 0.3) is 0 Å². The van der Waals surface area contributed by atoms with Crippen LogP contribution in [0, 0.1) is 0 Å². The van der Waals surface area contributed by atoms with E-state index in [1.165, 1.54) is 0 Å². The zero-order valence-corrected chi connectivity index (χ0v) is 17.2. The largest absolute Gasteiger partial charge is 0.367 e. The molecule has 26 heavy (non-hydrogen) atoms. The Bertz CT molecular complexity index is 659. The van der Waals surface area contributed by atoms with Crippen molar-refractivity contribution in [2.75, 3.05) is 56.5 Å². The summed E-state index contributed by atoms with van der Waals surface area (Å²) in [6.45, 7) is 5.25. The molecule has 140 valence electrons. The van der Waals surface area contributed by atoms with Crippen LogP contribution in [0.3, 0.4) is 0 Å². The highest BCUT2D eigenvalue weighted by atomic mass is 127. The van der Waals surface area contributed by atoms with Crippen molar-refractivity contribution in [2.24, 2.45) is 4.99 Å². The third kappa shape index (κ3) is 5.68. The average Bonchev–Trinajstić information content (AvgIpc) is 2.70. The molecule has 3 rings (SSSR count). The van der Waals surface area contributed by atoms with Crippen molar-refractivity contribution in [2.45, 2.75) is 0 Å². The number of aliphatic imine (C=N–C) groups is 1. The van der Waals surface area contributed by atoms with Gasteiger partial charge in [0, 0.05) is 64.9 Å². The van der Waals surface area contributed by atoms with E-state index in [-0.39, 0.29) is 24.0 Å². The summed E-state index contributed by atoms with van der Waals surface area (Å²) in [7, 11) is 1.82. The number of halogens is 1. The van der Waals surface area contributed by atoms with E-state index < -0.39 is 0 Å². The van der Waals surface area contributed by atoms with Gasteiger partial charge in [0.2, 0.25) is 0 Å². The summed E-state index contributed by atoms with van der Waals surface area (Å²) in [5, 5.41) is 6.62. The molecule has 2 aromatic rings. The molecule has 0 amide bonds. The number of hydrogen-bond donors (Lipinski definition) is 2. The van der Waals surface area contributed by atoms with Crippen molar-refractivity contribution < 1.29 is 0 Å². The molecule has 1 aliphatic heterocycles. The van der Waals surface area contributed by atoms with Gasteiger partial charge in [-0.3, -0.25) is 9.98 Å². The van der Waals surface area contributed by atoms with Gasteiger partial charge in [0.15, 0.2) is 5.96 Å². The molecule has 0 spiro atoms. The maximum Gasteiger partial charge on any atom is 0.193 e. The lowest BCUT2D eigenvalue weighted by Gasteiger charge is -2.37. The van der Waals surface area contributed by atoms with Crippen LogP contribution in [0.25, 0.3) is 0 Å². The minimum atomic E-state index is 0. The molecular weight excluding hydrogens is 443 g/mol. The highest BCUT2D eigenvalue weighted by Gasteiger charge is 2.20. The highest BCUT2D eigenvalue weighted by Crippen LogP contribution is 2.12. The van der Waals surface area contributed by atoms with Gasteiger partial charge < -0.3 is 20.4 Å². The summed E-state index contributed by atoms with van der Waals surface area (Å²) in [5.41, 5.74) is 0. The molecule has 0 aliphatic carbocycles. The molecular formula is C17H25IN8. The monoisotopic (exact) mass is 468 g/mol. The van der Waals surface area contributed by atoms with Gasteiger partial charge in [0.05, 0.1) is 6.20 Å². The minimum absolute atomic E-state index is 0. The van der Waals surface area contributed by atoms with Crippen LogP contribution < -0.4 is 15.5 Å². The van der Waals surface area contributed by atoms with Gasteiger partial charge >= 0.3 is 0 Å². The molecule has 0 bridgehead atoms. The molecule has 3 heterocycles.